The Morgan fingerprint density at radius 2 is 1.89 bits per heavy atom. The predicted molar refractivity (Wildman–Crippen MR) is 82.4 cm³/mol. The van der Waals surface area contributed by atoms with Gasteiger partial charge in [-0.15, -0.1) is 0 Å². The SMILES string of the molecule is CN(C(=O)CC1CCSCC1)C1CCCCC1Br. The monoisotopic (exact) mass is 333 g/mol. The minimum atomic E-state index is 0.364. The van der Waals surface area contributed by atoms with Crippen LogP contribution in [-0.2, 0) is 4.79 Å². The van der Waals surface area contributed by atoms with E-state index in [2.05, 4.69) is 15.9 Å². The zero-order valence-corrected chi connectivity index (χ0v) is 13.6. The third-order valence-corrected chi connectivity index (χ3v) is 6.46. The Hall–Kier alpha value is 0.300. The maximum Gasteiger partial charge on any atom is 0.222 e. The van der Waals surface area contributed by atoms with Crippen molar-refractivity contribution in [3.63, 3.8) is 0 Å². The quantitative estimate of drug-likeness (QED) is 0.734. The lowest BCUT2D eigenvalue weighted by atomic mass is 9.93. The average molecular weight is 334 g/mol. The van der Waals surface area contributed by atoms with Crippen molar-refractivity contribution >= 4 is 33.6 Å². The highest BCUT2D eigenvalue weighted by Crippen LogP contribution is 2.30. The first-order chi connectivity index (χ1) is 8.68. The lowest BCUT2D eigenvalue weighted by Crippen LogP contribution is -2.44. The molecule has 2 nitrogen and oxygen atoms in total. The van der Waals surface area contributed by atoms with E-state index < -0.39 is 0 Å². The molecule has 0 spiro atoms. The van der Waals surface area contributed by atoms with Gasteiger partial charge in [0.25, 0.3) is 0 Å². The van der Waals surface area contributed by atoms with Gasteiger partial charge >= 0.3 is 0 Å². The normalized spacial score (nSPS) is 30.1. The first-order valence-corrected chi connectivity index (χ1v) is 9.23. The van der Waals surface area contributed by atoms with Gasteiger partial charge in [-0.05, 0) is 43.1 Å². The molecule has 2 atom stereocenters. The fourth-order valence-electron chi connectivity index (χ4n) is 3.03. The molecule has 2 fully saturated rings. The van der Waals surface area contributed by atoms with Crippen LogP contribution in [0.5, 0.6) is 0 Å². The number of nitrogens with zero attached hydrogens (tertiary/aromatic N) is 1. The third-order valence-electron chi connectivity index (χ3n) is 4.34. The molecule has 0 aromatic heterocycles. The molecule has 104 valence electrons. The van der Waals surface area contributed by atoms with Crippen LogP contribution < -0.4 is 0 Å². The van der Waals surface area contributed by atoms with Crippen LogP contribution in [0.15, 0.2) is 0 Å². The Morgan fingerprint density at radius 1 is 1.22 bits per heavy atom. The smallest absolute Gasteiger partial charge is 0.222 e. The van der Waals surface area contributed by atoms with Gasteiger partial charge in [0, 0.05) is 24.3 Å². The highest BCUT2D eigenvalue weighted by atomic mass is 79.9. The second kappa shape index (κ2) is 7.18. The molecule has 1 saturated heterocycles. The number of carbonyl (C=O) groups excluding carboxylic acids is 1. The molecule has 0 radical (unpaired) electrons. The zero-order valence-electron chi connectivity index (χ0n) is 11.2. The fraction of sp³-hybridized carbons (Fsp3) is 0.929. The first kappa shape index (κ1) is 14.7. The van der Waals surface area contributed by atoms with E-state index in [9.17, 15) is 4.79 Å². The number of alkyl halides is 1. The summed E-state index contributed by atoms with van der Waals surface area (Å²) in [5, 5.41) is 0. The van der Waals surface area contributed by atoms with Crippen molar-refractivity contribution in [1.29, 1.82) is 0 Å². The lowest BCUT2D eigenvalue weighted by Gasteiger charge is -2.36. The number of rotatable bonds is 3. The molecule has 2 rings (SSSR count). The van der Waals surface area contributed by atoms with Crippen molar-refractivity contribution in [2.75, 3.05) is 18.6 Å². The molecule has 1 amide bonds. The van der Waals surface area contributed by atoms with Crippen molar-refractivity contribution in [2.24, 2.45) is 5.92 Å². The van der Waals surface area contributed by atoms with E-state index in [1.165, 1.54) is 50.0 Å². The second-order valence-electron chi connectivity index (χ2n) is 5.63. The number of carbonyl (C=O) groups is 1. The van der Waals surface area contributed by atoms with Crippen LogP contribution >= 0.6 is 27.7 Å². The summed E-state index contributed by atoms with van der Waals surface area (Å²) < 4.78 is 0. The Labute approximate surface area is 123 Å². The molecule has 1 saturated carbocycles. The molecule has 1 aliphatic heterocycles. The molecule has 0 N–H and O–H groups in total. The number of hydrogen-bond donors (Lipinski definition) is 0. The number of hydrogen-bond acceptors (Lipinski definition) is 2. The lowest BCUT2D eigenvalue weighted by molar-refractivity contribution is -0.133. The summed E-state index contributed by atoms with van der Waals surface area (Å²) in [6.45, 7) is 0. The van der Waals surface area contributed by atoms with E-state index in [1.807, 2.05) is 23.7 Å². The van der Waals surface area contributed by atoms with Gasteiger partial charge in [0.15, 0.2) is 0 Å². The summed E-state index contributed by atoms with van der Waals surface area (Å²) in [5.41, 5.74) is 0. The summed E-state index contributed by atoms with van der Waals surface area (Å²) in [5.74, 6) is 3.49. The van der Waals surface area contributed by atoms with Gasteiger partial charge in [-0.1, -0.05) is 28.8 Å². The van der Waals surface area contributed by atoms with E-state index in [0.29, 0.717) is 22.7 Å². The summed E-state index contributed by atoms with van der Waals surface area (Å²) in [4.78, 5) is 14.9. The second-order valence-corrected chi connectivity index (χ2v) is 8.03. The zero-order chi connectivity index (χ0) is 13.0. The Morgan fingerprint density at radius 3 is 2.56 bits per heavy atom. The minimum Gasteiger partial charge on any atom is -0.342 e. The van der Waals surface area contributed by atoms with Crippen molar-refractivity contribution in [3.05, 3.63) is 0 Å². The standard InChI is InChI=1S/C14H24BrNOS/c1-16(13-5-3-2-4-12(13)15)14(17)10-11-6-8-18-9-7-11/h11-13H,2-10H2,1H3. The minimum absolute atomic E-state index is 0.364. The number of thioether (sulfide) groups is 1. The fourth-order valence-corrected chi connectivity index (χ4v) is 5.18. The number of halogens is 1. The van der Waals surface area contributed by atoms with Crippen LogP contribution in [0.25, 0.3) is 0 Å². The summed E-state index contributed by atoms with van der Waals surface area (Å²) in [6.07, 6.45) is 8.17. The molecule has 1 aliphatic carbocycles. The predicted octanol–water partition coefficient (Wildman–Crippen LogP) is 3.68. The third kappa shape index (κ3) is 3.89. The van der Waals surface area contributed by atoms with Crippen LogP contribution in [0.4, 0.5) is 0 Å². The van der Waals surface area contributed by atoms with Gasteiger partial charge in [0.2, 0.25) is 5.91 Å². The van der Waals surface area contributed by atoms with Gasteiger partial charge in [-0.3, -0.25) is 4.79 Å². The van der Waals surface area contributed by atoms with Crippen LogP contribution in [-0.4, -0.2) is 40.2 Å². The van der Waals surface area contributed by atoms with Crippen molar-refractivity contribution < 1.29 is 4.79 Å². The largest absolute Gasteiger partial charge is 0.342 e. The van der Waals surface area contributed by atoms with E-state index in [4.69, 9.17) is 0 Å². The van der Waals surface area contributed by atoms with Gasteiger partial charge in [-0.2, -0.15) is 11.8 Å². The van der Waals surface area contributed by atoms with Crippen molar-refractivity contribution in [3.8, 4) is 0 Å². The van der Waals surface area contributed by atoms with Crippen LogP contribution in [0, 0.1) is 5.92 Å². The summed E-state index contributed by atoms with van der Waals surface area (Å²) in [6, 6.07) is 0.421. The maximum atomic E-state index is 12.4. The molecule has 0 aromatic carbocycles. The van der Waals surface area contributed by atoms with Gasteiger partial charge in [0.05, 0.1) is 0 Å². The van der Waals surface area contributed by atoms with E-state index in [-0.39, 0.29) is 0 Å². The molecule has 1 heterocycles. The Bertz CT molecular complexity index is 281. The van der Waals surface area contributed by atoms with Gasteiger partial charge < -0.3 is 4.90 Å². The van der Waals surface area contributed by atoms with Gasteiger partial charge in [0.1, 0.15) is 0 Å². The molecule has 0 aromatic rings. The molecular formula is C14H24BrNOS. The molecule has 4 heteroatoms. The van der Waals surface area contributed by atoms with E-state index in [1.54, 1.807) is 0 Å². The van der Waals surface area contributed by atoms with Crippen LogP contribution in [0.1, 0.15) is 44.9 Å². The van der Waals surface area contributed by atoms with Crippen LogP contribution in [0.3, 0.4) is 0 Å². The molecule has 2 aliphatic rings. The Balaban J connectivity index is 1.83. The summed E-state index contributed by atoms with van der Waals surface area (Å²) >= 11 is 5.78. The maximum absolute atomic E-state index is 12.4. The van der Waals surface area contributed by atoms with Gasteiger partial charge in [-0.25, -0.2) is 0 Å². The Kier molecular flexibility index (Phi) is 5.87. The highest BCUT2D eigenvalue weighted by Gasteiger charge is 2.30. The molecule has 0 bridgehead atoms. The van der Waals surface area contributed by atoms with Crippen molar-refractivity contribution in [2.45, 2.75) is 55.8 Å². The molecule has 2 unspecified atom stereocenters. The average Bonchev–Trinajstić information content (AvgIpc) is 2.39. The molecule has 18 heavy (non-hydrogen) atoms. The van der Waals surface area contributed by atoms with E-state index in [0.717, 1.165) is 6.42 Å². The van der Waals surface area contributed by atoms with Crippen LogP contribution in [0.2, 0.25) is 0 Å². The number of amides is 1. The van der Waals surface area contributed by atoms with E-state index >= 15 is 0 Å². The highest BCUT2D eigenvalue weighted by molar-refractivity contribution is 9.09. The first-order valence-electron chi connectivity index (χ1n) is 7.16. The topological polar surface area (TPSA) is 20.3 Å². The van der Waals surface area contributed by atoms with Crippen molar-refractivity contribution in [1.82, 2.24) is 4.90 Å². The summed E-state index contributed by atoms with van der Waals surface area (Å²) in [7, 11) is 2.00. The molecular weight excluding hydrogens is 310 g/mol.